The molecule has 0 unspecified atom stereocenters. The van der Waals surface area contributed by atoms with Crippen molar-refractivity contribution in [3.05, 3.63) is 35.9 Å². The molecule has 118 valence electrons. The maximum atomic E-state index is 13.2. The number of halogens is 8. The Morgan fingerprint density at radius 2 is 1.43 bits per heavy atom. The minimum absolute atomic E-state index is 0.0699. The van der Waals surface area contributed by atoms with Crippen LogP contribution < -0.4 is 0 Å². The second-order valence-electron chi connectivity index (χ2n) is 3.96. The number of amides is 1. The molecule has 0 spiro atoms. The van der Waals surface area contributed by atoms with Crippen molar-refractivity contribution in [2.24, 2.45) is 0 Å². The quantitative estimate of drug-likeness (QED) is 0.611. The lowest BCUT2D eigenvalue weighted by molar-refractivity contribution is -0.347. The lowest BCUT2D eigenvalue weighted by Gasteiger charge is -2.28. The van der Waals surface area contributed by atoms with E-state index in [2.05, 4.69) is 0 Å². The fourth-order valence-corrected chi connectivity index (χ4v) is 1.28. The lowest BCUT2D eigenvalue weighted by Crippen LogP contribution is -2.58. The molecule has 0 bridgehead atoms. The van der Waals surface area contributed by atoms with Gasteiger partial charge in [-0.1, -0.05) is 34.8 Å². The van der Waals surface area contributed by atoms with Crippen LogP contribution in [0, 0.1) is 0 Å². The summed E-state index contributed by atoms with van der Waals surface area (Å²) in [5.74, 6) is -16.2. The molecule has 10 heteroatoms. The molecular formula is C11H7F8NO. The van der Waals surface area contributed by atoms with Gasteiger partial charge in [0.25, 0.3) is 0 Å². The molecule has 0 saturated carbocycles. The van der Waals surface area contributed by atoms with Crippen molar-refractivity contribution in [2.75, 3.05) is 0 Å². The second kappa shape index (κ2) is 5.49. The third-order valence-corrected chi connectivity index (χ3v) is 2.40. The zero-order valence-electron chi connectivity index (χ0n) is 9.97. The van der Waals surface area contributed by atoms with Gasteiger partial charge in [0, 0.05) is 0 Å². The van der Waals surface area contributed by atoms with E-state index in [0.717, 1.165) is 0 Å². The fourth-order valence-electron chi connectivity index (χ4n) is 1.28. The number of benzene rings is 1. The van der Waals surface area contributed by atoms with Crippen LogP contribution in [0.15, 0.2) is 30.3 Å². The molecule has 0 aliphatic heterocycles. The summed E-state index contributed by atoms with van der Waals surface area (Å²) in [5, 5.41) is -1.38. The van der Waals surface area contributed by atoms with E-state index in [9.17, 15) is 40.0 Å². The molecule has 1 aromatic carbocycles. The number of carbonyl (C=O) groups excluding carboxylic acids is 1. The van der Waals surface area contributed by atoms with E-state index in [-0.39, 0.29) is 5.56 Å². The van der Waals surface area contributed by atoms with Gasteiger partial charge in [-0.3, -0.25) is 4.79 Å². The van der Waals surface area contributed by atoms with Crippen LogP contribution in [0.5, 0.6) is 0 Å². The summed E-state index contributed by atoms with van der Waals surface area (Å²) in [4.78, 5) is 10.9. The largest absolute Gasteiger partial charge is 0.460 e. The van der Waals surface area contributed by atoms with Crippen molar-refractivity contribution in [3.8, 4) is 0 Å². The Bertz CT molecular complexity index is 499. The number of rotatable bonds is 4. The smallest absolute Gasteiger partial charge is 0.265 e. The van der Waals surface area contributed by atoms with Gasteiger partial charge >= 0.3 is 23.9 Å². The average Bonchev–Trinajstić information content (AvgIpc) is 2.37. The van der Waals surface area contributed by atoms with E-state index in [1.807, 2.05) is 0 Å². The molecule has 0 N–H and O–H groups in total. The van der Waals surface area contributed by atoms with Gasteiger partial charge < -0.3 is 0 Å². The molecule has 0 atom stereocenters. The molecule has 0 aromatic heterocycles. The number of carbonyl (C=O) groups is 1. The third kappa shape index (κ3) is 3.24. The standard InChI is InChI=1S/C11H7F8NO/c12-9(13,10(14,15)11(16,17)18)8(21)20(19)6-7-4-2-1-3-5-7/h1-5H,6H2. The molecule has 0 saturated heterocycles. The fraction of sp³-hybridized carbons (Fsp3) is 0.364. The Kier molecular flexibility index (Phi) is 4.49. The van der Waals surface area contributed by atoms with Crippen LogP contribution in [0.2, 0.25) is 0 Å². The summed E-state index contributed by atoms with van der Waals surface area (Å²) in [6, 6.07) is 6.45. The molecular weight excluding hydrogens is 314 g/mol. The molecule has 0 fully saturated rings. The highest BCUT2D eigenvalue weighted by Crippen LogP contribution is 2.47. The first-order chi connectivity index (χ1) is 9.41. The zero-order chi connectivity index (χ0) is 16.5. The van der Waals surface area contributed by atoms with Crippen molar-refractivity contribution in [1.29, 1.82) is 0 Å². The topological polar surface area (TPSA) is 20.3 Å². The Labute approximate surface area is 112 Å². The Morgan fingerprint density at radius 3 is 1.86 bits per heavy atom. The monoisotopic (exact) mass is 321 g/mol. The maximum Gasteiger partial charge on any atom is 0.460 e. The summed E-state index contributed by atoms with van der Waals surface area (Å²) >= 11 is 0. The van der Waals surface area contributed by atoms with Crippen molar-refractivity contribution < 1.29 is 40.0 Å². The number of hydrogen-bond acceptors (Lipinski definition) is 1. The molecule has 0 aliphatic carbocycles. The normalized spacial score (nSPS) is 13.1. The van der Waals surface area contributed by atoms with Crippen LogP contribution in [-0.4, -0.2) is 29.1 Å². The SMILES string of the molecule is O=C(N(F)Cc1ccccc1)C(F)(F)C(F)(F)C(F)(F)F. The Hall–Kier alpha value is -1.87. The highest BCUT2D eigenvalue weighted by Gasteiger charge is 2.77. The van der Waals surface area contributed by atoms with Gasteiger partial charge in [0.05, 0.1) is 6.54 Å². The third-order valence-electron chi connectivity index (χ3n) is 2.40. The minimum atomic E-state index is -6.69. The van der Waals surface area contributed by atoms with E-state index in [0.29, 0.717) is 0 Å². The second-order valence-corrected chi connectivity index (χ2v) is 3.96. The molecule has 0 heterocycles. The van der Waals surface area contributed by atoms with Crippen molar-refractivity contribution in [1.82, 2.24) is 5.12 Å². The van der Waals surface area contributed by atoms with E-state index in [4.69, 9.17) is 0 Å². The Morgan fingerprint density at radius 1 is 0.952 bits per heavy atom. The van der Waals surface area contributed by atoms with E-state index >= 15 is 0 Å². The molecule has 2 nitrogen and oxygen atoms in total. The average molecular weight is 321 g/mol. The highest BCUT2D eigenvalue weighted by molar-refractivity contribution is 5.84. The van der Waals surface area contributed by atoms with Gasteiger partial charge in [0.1, 0.15) is 0 Å². The van der Waals surface area contributed by atoms with Gasteiger partial charge in [-0.2, -0.15) is 35.9 Å². The van der Waals surface area contributed by atoms with Crippen LogP contribution in [0.25, 0.3) is 0 Å². The molecule has 1 aromatic rings. The van der Waals surface area contributed by atoms with Gasteiger partial charge in [0.15, 0.2) is 0 Å². The highest BCUT2D eigenvalue weighted by atomic mass is 19.4. The van der Waals surface area contributed by atoms with Crippen LogP contribution in [0.4, 0.5) is 35.2 Å². The van der Waals surface area contributed by atoms with Crippen LogP contribution in [0.1, 0.15) is 5.56 Å². The first kappa shape index (κ1) is 17.2. The first-order valence-electron chi connectivity index (χ1n) is 5.25. The summed E-state index contributed by atoms with van der Waals surface area (Å²) in [5.41, 5.74) is -0.0699. The van der Waals surface area contributed by atoms with E-state index < -0.39 is 35.6 Å². The molecule has 0 aliphatic rings. The minimum Gasteiger partial charge on any atom is -0.265 e. The molecule has 1 rings (SSSR count). The van der Waals surface area contributed by atoms with Gasteiger partial charge in [-0.05, 0) is 5.56 Å². The maximum absolute atomic E-state index is 13.2. The van der Waals surface area contributed by atoms with E-state index in [1.54, 1.807) is 0 Å². The lowest BCUT2D eigenvalue weighted by atomic mass is 10.1. The molecule has 21 heavy (non-hydrogen) atoms. The van der Waals surface area contributed by atoms with Gasteiger partial charge in [-0.15, -0.1) is 0 Å². The summed E-state index contributed by atoms with van der Waals surface area (Å²) in [6.45, 7) is -1.19. The summed E-state index contributed by atoms with van der Waals surface area (Å²) < 4.78 is 99.8. The molecule has 1 amide bonds. The van der Waals surface area contributed by atoms with Crippen molar-refractivity contribution >= 4 is 5.91 Å². The Balaban J connectivity index is 2.96. The predicted octanol–water partition coefficient (Wildman–Crippen LogP) is 3.73. The van der Waals surface area contributed by atoms with Gasteiger partial charge in [0.2, 0.25) is 0 Å². The summed E-state index contributed by atoms with van der Waals surface area (Å²) in [6.07, 6.45) is -6.69. The first-order valence-corrected chi connectivity index (χ1v) is 5.25. The van der Waals surface area contributed by atoms with Crippen LogP contribution in [0.3, 0.4) is 0 Å². The van der Waals surface area contributed by atoms with Crippen molar-refractivity contribution in [2.45, 2.75) is 24.6 Å². The van der Waals surface area contributed by atoms with Crippen LogP contribution in [-0.2, 0) is 11.3 Å². The number of hydrogen-bond donors (Lipinski definition) is 0. The zero-order valence-corrected chi connectivity index (χ0v) is 9.97. The predicted molar refractivity (Wildman–Crippen MR) is 54.0 cm³/mol. The van der Waals surface area contributed by atoms with Crippen molar-refractivity contribution in [3.63, 3.8) is 0 Å². The summed E-state index contributed by atoms with van der Waals surface area (Å²) in [7, 11) is 0. The molecule has 0 radical (unpaired) electrons. The number of alkyl halides is 7. The van der Waals surface area contributed by atoms with Crippen LogP contribution >= 0.6 is 0 Å². The van der Waals surface area contributed by atoms with Gasteiger partial charge in [-0.25, -0.2) is 0 Å². The van der Waals surface area contributed by atoms with E-state index in [1.165, 1.54) is 30.3 Å². The number of nitrogens with zero attached hydrogens (tertiary/aromatic N) is 1.